The van der Waals surface area contributed by atoms with E-state index in [2.05, 4.69) is 5.32 Å². The average molecular weight is 275 g/mol. The molecule has 2 nitrogen and oxygen atoms in total. The number of hydrogen-bond donors (Lipinski definition) is 1. The Balaban J connectivity index is 2.42. The van der Waals surface area contributed by atoms with Crippen LogP contribution < -0.4 is 5.32 Å². The maximum Gasteiger partial charge on any atom is 0.411 e. The standard InChI is InChI=1S/C14H20F3NO/c1-2-18-9-13(10-19-11-14(15,16)17)8-12-6-4-3-5-7-12/h3-7,13,18H,2,8-11H2,1H3. The average Bonchev–Trinajstić information content (AvgIpc) is 2.35. The second kappa shape index (κ2) is 8.17. The quantitative estimate of drug-likeness (QED) is 0.787. The maximum atomic E-state index is 12.0. The van der Waals surface area contributed by atoms with Crippen LogP contribution in [0.1, 0.15) is 12.5 Å². The second-order valence-electron chi connectivity index (χ2n) is 4.49. The number of nitrogens with one attached hydrogen (secondary N) is 1. The number of alkyl halides is 3. The number of rotatable bonds is 8. The van der Waals surface area contributed by atoms with E-state index in [1.807, 2.05) is 37.3 Å². The number of ether oxygens (including phenoxy) is 1. The van der Waals surface area contributed by atoms with Crippen molar-refractivity contribution in [3.8, 4) is 0 Å². The Labute approximate surface area is 112 Å². The van der Waals surface area contributed by atoms with Gasteiger partial charge in [-0.15, -0.1) is 0 Å². The van der Waals surface area contributed by atoms with Crippen molar-refractivity contribution in [2.75, 3.05) is 26.3 Å². The molecule has 0 bridgehead atoms. The van der Waals surface area contributed by atoms with Crippen LogP contribution in [0.3, 0.4) is 0 Å². The van der Waals surface area contributed by atoms with E-state index in [4.69, 9.17) is 4.74 Å². The Morgan fingerprint density at radius 1 is 1.21 bits per heavy atom. The maximum absolute atomic E-state index is 12.0. The summed E-state index contributed by atoms with van der Waals surface area (Å²) in [5, 5.41) is 3.15. The first-order valence-electron chi connectivity index (χ1n) is 6.40. The number of benzene rings is 1. The fraction of sp³-hybridized carbons (Fsp3) is 0.571. The van der Waals surface area contributed by atoms with Crippen LogP contribution in [-0.2, 0) is 11.2 Å². The molecule has 1 atom stereocenters. The smallest absolute Gasteiger partial charge is 0.372 e. The van der Waals surface area contributed by atoms with Crippen LogP contribution >= 0.6 is 0 Å². The second-order valence-corrected chi connectivity index (χ2v) is 4.49. The predicted octanol–water partition coefficient (Wildman–Crippen LogP) is 3.03. The zero-order valence-electron chi connectivity index (χ0n) is 11.0. The highest BCUT2D eigenvalue weighted by Gasteiger charge is 2.27. The van der Waals surface area contributed by atoms with Gasteiger partial charge in [0.05, 0.1) is 6.61 Å². The lowest BCUT2D eigenvalue weighted by Gasteiger charge is -2.18. The summed E-state index contributed by atoms with van der Waals surface area (Å²) in [7, 11) is 0. The van der Waals surface area contributed by atoms with Gasteiger partial charge >= 0.3 is 6.18 Å². The molecule has 0 saturated heterocycles. The fourth-order valence-corrected chi connectivity index (χ4v) is 1.83. The van der Waals surface area contributed by atoms with Gasteiger partial charge in [-0.1, -0.05) is 37.3 Å². The van der Waals surface area contributed by atoms with E-state index >= 15 is 0 Å². The molecule has 19 heavy (non-hydrogen) atoms. The van der Waals surface area contributed by atoms with Crippen LogP contribution in [-0.4, -0.2) is 32.5 Å². The van der Waals surface area contributed by atoms with E-state index in [-0.39, 0.29) is 12.5 Å². The van der Waals surface area contributed by atoms with Crippen LogP contribution in [0.4, 0.5) is 13.2 Å². The van der Waals surface area contributed by atoms with Crippen molar-refractivity contribution in [2.45, 2.75) is 19.5 Å². The van der Waals surface area contributed by atoms with E-state index in [1.54, 1.807) is 0 Å². The summed E-state index contributed by atoms with van der Waals surface area (Å²) in [6.07, 6.45) is -3.54. The molecule has 1 rings (SSSR count). The van der Waals surface area contributed by atoms with Gasteiger partial charge in [0.15, 0.2) is 0 Å². The molecule has 1 unspecified atom stereocenters. The van der Waals surface area contributed by atoms with E-state index in [1.165, 1.54) is 0 Å². The molecule has 5 heteroatoms. The zero-order chi connectivity index (χ0) is 14.1. The number of halogens is 3. The first kappa shape index (κ1) is 16.0. The Morgan fingerprint density at radius 2 is 1.89 bits per heavy atom. The molecule has 0 saturated carbocycles. The van der Waals surface area contributed by atoms with Crippen molar-refractivity contribution in [1.29, 1.82) is 0 Å². The SMILES string of the molecule is CCNCC(COCC(F)(F)F)Cc1ccccc1. The molecule has 0 heterocycles. The van der Waals surface area contributed by atoms with E-state index in [0.29, 0.717) is 13.0 Å². The molecule has 0 aliphatic rings. The molecule has 0 radical (unpaired) electrons. The van der Waals surface area contributed by atoms with E-state index < -0.39 is 12.8 Å². The van der Waals surface area contributed by atoms with Gasteiger partial charge in [-0.25, -0.2) is 0 Å². The molecule has 1 aromatic carbocycles. The lowest BCUT2D eigenvalue weighted by molar-refractivity contribution is -0.176. The minimum Gasteiger partial charge on any atom is -0.372 e. The van der Waals surface area contributed by atoms with Gasteiger partial charge < -0.3 is 10.1 Å². The van der Waals surface area contributed by atoms with Crippen molar-refractivity contribution in [1.82, 2.24) is 5.32 Å². The summed E-state index contributed by atoms with van der Waals surface area (Å²) < 4.78 is 40.9. The third-order valence-corrected chi connectivity index (χ3v) is 2.67. The van der Waals surface area contributed by atoms with Gasteiger partial charge in [0, 0.05) is 6.54 Å². The topological polar surface area (TPSA) is 21.3 Å². The van der Waals surface area contributed by atoms with Crippen molar-refractivity contribution in [3.05, 3.63) is 35.9 Å². The molecule has 0 aromatic heterocycles. The molecule has 1 N–H and O–H groups in total. The van der Waals surface area contributed by atoms with Crippen molar-refractivity contribution < 1.29 is 17.9 Å². The van der Waals surface area contributed by atoms with Crippen LogP contribution in [0.25, 0.3) is 0 Å². The van der Waals surface area contributed by atoms with Gasteiger partial charge in [0.25, 0.3) is 0 Å². The first-order chi connectivity index (χ1) is 9.01. The molecule has 0 spiro atoms. The molecule has 0 fully saturated rings. The van der Waals surface area contributed by atoms with Crippen LogP contribution in [0, 0.1) is 5.92 Å². The summed E-state index contributed by atoms with van der Waals surface area (Å²) >= 11 is 0. The van der Waals surface area contributed by atoms with Crippen LogP contribution in [0.2, 0.25) is 0 Å². The monoisotopic (exact) mass is 275 g/mol. The third-order valence-electron chi connectivity index (χ3n) is 2.67. The zero-order valence-corrected chi connectivity index (χ0v) is 11.0. The molecular weight excluding hydrogens is 255 g/mol. The highest BCUT2D eigenvalue weighted by molar-refractivity contribution is 5.15. The summed E-state index contributed by atoms with van der Waals surface area (Å²) in [4.78, 5) is 0. The van der Waals surface area contributed by atoms with Gasteiger partial charge in [-0.05, 0) is 24.4 Å². The van der Waals surface area contributed by atoms with Crippen LogP contribution in [0.15, 0.2) is 30.3 Å². The lowest BCUT2D eigenvalue weighted by Crippen LogP contribution is -2.29. The van der Waals surface area contributed by atoms with Crippen molar-refractivity contribution in [2.24, 2.45) is 5.92 Å². The van der Waals surface area contributed by atoms with E-state index in [9.17, 15) is 13.2 Å². The van der Waals surface area contributed by atoms with Crippen molar-refractivity contribution >= 4 is 0 Å². The normalized spacial score (nSPS) is 13.5. The first-order valence-corrected chi connectivity index (χ1v) is 6.40. The lowest BCUT2D eigenvalue weighted by atomic mass is 10.00. The number of hydrogen-bond acceptors (Lipinski definition) is 2. The summed E-state index contributed by atoms with van der Waals surface area (Å²) in [5.74, 6) is 0.0460. The largest absolute Gasteiger partial charge is 0.411 e. The van der Waals surface area contributed by atoms with Gasteiger partial charge in [0.2, 0.25) is 0 Å². The van der Waals surface area contributed by atoms with Gasteiger partial charge in [-0.2, -0.15) is 13.2 Å². The van der Waals surface area contributed by atoms with E-state index in [0.717, 1.165) is 12.1 Å². The molecule has 0 aliphatic heterocycles. The molecule has 0 aliphatic carbocycles. The van der Waals surface area contributed by atoms with Crippen molar-refractivity contribution in [3.63, 3.8) is 0 Å². The summed E-state index contributed by atoms with van der Waals surface area (Å²) in [6, 6.07) is 9.72. The Hall–Kier alpha value is -1.07. The highest BCUT2D eigenvalue weighted by Crippen LogP contribution is 2.16. The Kier molecular flexibility index (Phi) is 6.87. The van der Waals surface area contributed by atoms with Gasteiger partial charge in [0.1, 0.15) is 6.61 Å². The van der Waals surface area contributed by atoms with Gasteiger partial charge in [-0.3, -0.25) is 0 Å². The predicted molar refractivity (Wildman–Crippen MR) is 69.1 cm³/mol. The highest BCUT2D eigenvalue weighted by atomic mass is 19.4. The Bertz CT molecular complexity index is 340. The minimum atomic E-state index is -4.25. The minimum absolute atomic E-state index is 0.0460. The molecule has 0 amide bonds. The molecular formula is C14H20F3NO. The third kappa shape index (κ3) is 7.85. The Morgan fingerprint density at radius 3 is 2.47 bits per heavy atom. The fourth-order valence-electron chi connectivity index (χ4n) is 1.83. The van der Waals surface area contributed by atoms with Crippen LogP contribution in [0.5, 0.6) is 0 Å². The molecule has 1 aromatic rings. The summed E-state index contributed by atoms with van der Waals surface area (Å²) in [5.41, 5.74) is 1.11. The summed E-state index contributed by atoms with van der Waals surface area (Å²) in [6.45, 7) is 2.36. The molecule has 108 valence electrons.